The molecule has 1 aliphatic rings. The molecule has 1 aliphatic carbocycles. The average Bonchev–Trinajstić information content (AvgIpc) is 2.94. The number of carbonyl (C=O) groups excluding carboxylic acids is 1. The summed E-state index contributed by atoms with van der Waals surface area (Å²) < 4.78 is 5.12. The number of rotatable bonds is 6. The molecule has 0 saturated carbocycles. The lowest BCUT2D eigenvalue weighted by atomic mass is 9.87. The molecule has 0 aliphatic heterocycles. The van der Waals surface area contributed by atoms with E-state index in [0.717, 1.165) is 12.8 Å². The summed E-state index contributed by atoms with van der Waals surface area (Å²) in [6, 6.07) is 14.9. The SMILES string of the molecule is CC1(CNC(=O)c2cccc(OCC(=O)O)c2)Cc2ccccc2C1. The molecule has 5 heteroatoms. The van der Waals surface area contributed by atoms with Gasteiger partial charge >= 0.3 is 5.97 Å². The predicted octanol–water partition coefficient (Wildman–Crippen LogP) is 2.68. The minimum Gasteiger partial charge on any atom is -0.482 e. The first-order valence-electron chi connectivity index (χ1n) is 8.25. The van der Waals surface area contributed by atoms with Crippen molar-refractivity contribution in [2.75, 3.05) is 13.2 Å². The Hall–Kier alpha value is -2.82. The molecule has 1 amide bonds. The monoisotopic (exact) mass is 339 g/mol. The van der Waals surface area contributed by atoms with Crippen molar-refractivity contribution in [2.45, 2.75) is 19.8 Å². The summed E-state index contributed by atoms with van der Waals surface area (Å²) in [5.74, 6) is -0.865. The van der Waals surface area contributed by atoms with E-state index in [-0.39, 0.29) is 11.3 Å². The Morgan fingerprint density at radius 1 is 1.12 bits per heavy atom. The van der Waals surface area contributed by atoms with Crippen LogP contribution in [0.25, 0.3) is 0 Å². The number of aliphatic carboxylic acids is 1. The van der Waals surface area contributed by atoms with E-state index in [2.05, 4.69) is 24.4 Å². The molecule has 130 valence electrons. The second-order valence-electron chi connectivity index (χ2n) is 6.83. The molecule has 0 heterocycles. The molecule has 2 aromatic carbocycles. The molecule has 0 aromatic heterocycles. The number of carboxylic acid groups (broad SMARTS) is 1. The van der Waals surface area contributed by atoms with Gasteiger partial charge in [-0.25, -0.2) is 4.79 Å². The van der Waals surface area contributed by atoms with E-state index in [4.69, 9.17) is 9.84 Å². The van der Waals surface area contributed by atoms with E-state index < -0.39 is 12.6 Å². The first kappa shape index (κ1) is 17.0. The van der Waals surface area contributed by atoms with Gasteiger partial charge in [-0.2, -0.15) is 0 Å². The first-order chi connectivity index (χ1) is 12.0. The maximum Gasteiger partial charge on any atom is 0.341 e. The molecule has 0 spiro atoms. The summed E-state index contributed by atoms with van der Waals surface area (Å²) >= 11 is 0. The molecule has 0 fully saturated rings. The average molecular weight is 339 g/mol. The van der Waals surface area contributed by atoms with Crippen LogP contribution in [0.15, 0.2) is 48.5 Å². The van der Waals surface area contributed by atoms with E-state index in [1.54, 1.807) is 24.3 Å². The van der Waals surface area contributed by atoms with Crippen molar-refractivity contribution in [3.63, 3.8) is 0 Å². The van der Waals surface area contributed by atoms with Crippen molar-refractivity contribution < 1.29 is 19.4 Å². The zero-order valence-corrected chi connectivity index (χ0v) is 14.1. The maximum atomic E-state index is 12.4. The molecular weight excluding hydrogens is 318 g/mol. The second-order valence-corrected chi connectivity index (χ2v) is 6.83. The van der Waals surface area contributed by atoms with E-state index in [0.29, 0.717) is 17.9 Å². The fourth-order valence-electron chi connectivity index (χ4n) is 3.28. The van der Waals surface area contributed by atoms with Gasteiger partial charge in [-0.15, -0.1) is 0 Å². The Morgan fingerprint density at radius 3 is 2.44 bits per heavy atom. The highest BCUT2D eigenvalue weighted by Crippen LogP contribution is 2.36. The summed E-state index contributed by atoms with van der Waals surface area (Å²) in [4.78, 5) is 23.0. The normalized spacial score (nSPS) is 14.6. The number of fused-ring (bicyclic) bond motifs is 1. The molecular formula is C20H21NO4. The molecule has 2 N–H and O–H groups in total. The van der Waals surface area contributed by atoms with Gasteiger partial charge in [0.2, 0.25) is 0 Å². The smallest absolute Gasteiger partial charge is 0.341 e. The van der Waals surface area contributed by atoms with Crippen LogP contribution in [0.3, 0.4) is 0 Å². The van der Waals surface area contributed by atoms with Gasteiger partial charge in [0.25, 0.3) is 5.91 Å². The number of hydrogen-bond acceptors (Lipinski definition) is 3. The Labute approximate surface area is 146 Å². The van der Waals surface area contributed by atoms with E-state index in [1.807, 2.05) is 12.1 Å². The van der Waals surface area contributed by atoms with Crippen LogP contribution in [0, 0.1) is 5.41 Å². The zero-order valence-electron chi connectivity index (χ0n) is 14.1. The fraction of sp³-hybridized carbons (Fsp3) is 0.300. The van der Waals surface area contributed by atoms with Gasteiger partial charge in [0.1, 0.15) is 5.75 Å². The van der Waals surface area contributed by atoms with Crippen LogP contribution in [0.4, 0.5) is 0 Å². The molecule has 0 saturated heterocycles. The van der Waals surface area contributed by atoms with Crippen LogP contribution in [0.5, 0.6) is 5.75 Å². The summed E-state index contributed by atoms with van der Waals surface area (Å²) in [5.41, 5.74) is 3.17. The van der Waals surface area contributed by atoms with Gasteiger partial charge in [0.05, 0.1) is 0 Å². The third kappa shape index (κ3) is 4.18. The van der Waals surface area contributed by atoms with Gasteiger partial charge in [0, 0.05) is 12.1 Å². The van der Waals surface area contributed by atoms with E-state index >= 15 is 0 Å². The summed E-state index contributed by atoms with van der Waals surface area (Å²) in [5, 5.41) is 11.7. The molecule has 2 aromatic rings. The van der Waals surface area contributed by atoms with Crippen molar-refractivity contribution in [1.29, 1.82) is 0 Å². The number of hydrogen-bond donors (Lipinski definition) is 2. The number of nitrogens with one attached hydrogen (secondary N) is 1. The molecule has 0 atom stereocenters. The minimum atomic E-state index is -1.05. The third-order valence-electron chi connectivity index (χ3n) is 4.49. The van der Waals surface area contributed by atoms with Crippen LogP contribution in [0.1, 0.15) is 28.4 Å². The number of benzene rings is 2. The molecule has 25 heavy (non-hydrogen) atoms. The standard InChI is InChI=1S/C20H21NO4/c1-20(10-15-5-2-3-6-16(15)11-20)13-21-19(24)14-7-4-8-17(9-14)25-12-18(22)23/h2-9H,10-13H2,1H3,(H,21,24)(H,22,23). The Morgan fingerprint density at radius 2 is 1.80 bits per heavy atom. The van der Waals surface area contributed by atoms with Crippen LogP contribution >= 0.6 is 0 Å². The highest BCUT2D eigenvalue weighted by molar-refractivity contribution is 5.94. The van der Waals surface area contributed by atoms with Crippen molar-refractivity contribution in [3.8, 4) is 5.75 Å². The van der Waals surface area contributed by atoms with E-state index in [9.17, 15) is 9.59 Å². The lowest BCUT2D eigenvalue weighted by Crippen LogP contribution is -2.36. The van der Waals surface area contributed by atoms with Crippen LogP contribution in [-0.4, -0.2) is 30.1 Å². The molecule has 5 nitrogen and oxygen atoms in total. The summed E-state index contributed by atoms with van der Waals surface area (Å²) in [6.07, 6.45) is 1.90. The zero-order chi connectivity index (χ0) is 17.9. The van der Waals surface area contributed by atoms with Crippen molar-refractivity contribution in [1.82, 2.24) is 5.32 Å². The quantitative estimate of drug-likeness (QED) is 0.848. The predicted molar refractivity (Wildman–Crippen MR) is 93.9 cm³/mol. The first-order valence-corrected chi connectivity index (χ1v) is 8.25. The molecule has 0 unspecified atom stereocenters. The fourth-order valence-corrected chi connectivity index (χ4v) is 3.28. The van der Waals surface area contributed by atoms with E-state index in [1.165, 1.54) is 11.1 Å². The lowest BCUT2D eigenvalue weighted by molar-refractivity contribution is -0.139. The molecule has 3 rings (SSSR count). The van der Waals surface area contributed by atoms with Crippen LogP contribution in [0.2, 0.25) is 0 Å². The van der Waals surface area contributed by atoms with Gasteiger partial charge < -0.3 is 15.2 Å². The van der Waals surface area contributed by atoms with Crippen molar-refractivity contribution >= 4 is 11.9 Å². The Bertz CT molecular complexity index is 775. The van der Waals surface area contributed by atoms with Crippen molar-refractivity contribution in [2.24, 2.45) is 5.41 Å². The Kier molecular flexibility index (Phi) is 4.74. The maximum absolute atomic E-state index is 12.4. The molecule has 0 radical (unpaired) electrons. The highest BCUT2D eigenvalue weighted by Gasteiger charge is 2.32. The van der Waals surface area contributed by atoms with Gasteiger partial charge in [0.15, 0.2) is 6.61 Å². The summed E-state index contributed by atoms with van der Waals surface area (Å²) in [6.45, 7) is 2.34. The van der Waals surface area contributed by atoms with Gasteiger partial charge in [-0.05, 0) is 47.6 Å². The van der Waals surface area contributed by atoms with Gasteiger partial charge in [-0.1, -0.05) is 37.3 Å². The minimum absolute atomic E-state index is 0.0107. The lowest BCUT2D eigenvalue weighted by Gasteiger charge is -2.24. The van der Waals surface area contributed by atoms with Crippen molar-refractivity contribution in [3.05, 3.63) is 65.2 Å². The highest BCUT2D eigenvalue weighted by atomic mass is 16.5. The van der Waals surface area contributed by atoms with Gasteiger partial charge in [-0.3, -0.25) is 4.79 Å². The largest absolute Gasteiger partial charge is 0.482 e. The number of amides is 1. The number of ether oxygens (including phenoxy) is 1. The number of carboxylic acids is 1. The second kappa shape index (κ2) is 6.97. The topological polar surface area (TPSA) is 75.6 Å². The molecule has 0 bridgehead atoms. The third-order valence-corrected chi connectivity index (χ3v) is 4.49. The van der Waals surface area contributed by atoms with Crippen LogP contribution in [-0.2, 0) is 17.6 Å². The number of carbonyl (C=O) groups is 2. The Balaban J connectivity index is 1.60. The van der Waals surface area contributed by atoms with Crippen LogP contribution < -0.4 is 10.1 Å². The summed E-state index contributed by atoms with van der Waals surface area (Å²) in [7, 11) is 0.